The van der Waals surface area contributed by atoms with Crippen molar-refractivity contribution in [1.82, 2.24) is 14.6 Å². The molecule has 0 saturated carbocycles. The highest BCUT2D eigenvalue weighted by molar-refractivity contribution is 5.87. The van der Waals surface area contributed by atoms with Gasteiger partial charge in [-0.25, -0.2) is 28.7 Å². The van der Waals surface area contributed by atoms with E-state index >= 15 is 0 Å². The number of nitriles is 1. The van der Waals surface area contributed by atoms with E-state index in [0.29, 0.717) is 0 Å². The number of carboxylic acid groups (broad SMARTS) is 1. The Kier molecular flexibility index (Phi) is 8.84. The van der Waals surface area contributed by atoms with Gasteiger partial charge >= 0.3 is 24.6 Å². The summed E-state index contributed by atoms with van der Waals surface area (Å²) < 4.78 is 37.1. The lowest BCUT2D eigenvalue weighted by Crippen LogP contribution is -2.46. The second-order valence-electron chi connectivity index (χ2n) is 9.50. The van der Waals surface area contributed by atoms with Gasteiger partial charge < -0.3 is 38.3 Å². The van der Waals surface area contributed by atoms with Crippen LogP contribution in [0, 0.1) is 16.7 Å². The van der Waals surface area contributed by atoms with E-state index in [2.05, 4.69) is 24.9 Å². The van der Waals surface area contributed by atoms with Crippen molar-refractivity contribution in [3.63, 3.8) is 0 Å². The highest BCUT2D eigenvalue weighted by atomic mass is 16.8. The molecule has 2 aromatic heterocycles. The SMILES string of the molecule is COC(=O)O[C@H]1[C@@H](OC(=O)OC)[C@](C#N)(c2ccc3c(NC(=O)O)ncnn23)O[C@@H]1COC(=O)OCC(C)(C)C. The Morgan fingerprint density at radius 1 is 1.12 bits per heavy atom. The van der Waals surface area contributed by atoms with Crippen LogP contribution in [0.25, 0.3) is 5.52 Å². The maximum Gasteiger partial charge on any atom is 0.508 e. The van der Waals surface area contributed by atoms with Gasteiger partial charge in [0.2, 0.25) is 5.60 Å². The number of rotatable bonds is 7. The largest absolute Gasteiger partial charge is 0.508 e. The van der Waals surface area contributed by atoms with Crippen molar-refractivity contribution < 1.29 is 57.4 Å². The van der Waals surface area contributed by atoms with Gasteiger partial charge in [-0.05, 0) is 17.5 Å². The molecule has 40 heavy (non-hydrogen) atoms. The number of fused-ring (bicyclic) bond motifs is 1. The molecule has 2 N–H and O–H groups in total. The van der Waals surface area contributed by atoms with Crippen LogP contribution in [0.1, 0.15) is 26.5 Å². The van der Waals surface area contributed by atoms with Gasteiger partial charge in [0.25, 0.3) is 0 Å². The van der Waals surface area contributed by atoms with E-state index in [9.17, 15) is 24.4 Å². The minimum Gasteiger partial charge on any atom is -0.465 e. The molecule has 1 fully saturated rings. The number of hydrogen-bond acceptors (Lipinski definition) is 14. The number of nitrogens with one attached hydrogen (secondary N) is 1. The highest BCUT2D eigenvalue weighted by Crippen LogP contribution is 2.44. The Balaban J connectivity index is 2.07. The van der Waals surface area contributed by atoms with E-state index in [1.165, 1.54) is 12.1 Å². The van der Waals surface area contributed by atoms with Crippen molar-refractivity contribution in [3.05, 3.63) is 24.2 Å². The Hall–Kier alpha value is -4.85. The average molecular weight is 565 g/mol. The molecule has 1 aliphatic rings. The molecule has 0 unspecified atom stereocenters. The smallest absolute Gasteiger partial charge is 0.465 e. The zero-order valence-electron chi connectivity index (χ0n) is 22.1. The fourth-order valence-electron chi connectivity index (χ4n) is 3.76. The molecule has 0 bridgehead atoms. The van der Waals surface area contributed by atoms with Crippen LogP contribution in [-0.4, -0.2) is 90.0 Å². The van der Waals surface area contributed by atoms with Crippen molar-refractivity contribution in [2.24, 2.45) is 5.41 Å². The number of nitrogens with zero attached hydrogens (tertiary/aromatic N) is 4. The number of amides is 1. The highest BCUT2D eigenvalue weighted by Gasteiger charge is 2.63. The summed E-state index contributed by atoms with van der Waals surface area (Å²) in [6.07, 6.45) is -8.67. The Morgan fingerprint density at radius 3 is 2.40 bits per heavy atom. The number of ether oxygens (including phenoxy) is 7. The summed E-state index contributed by atoms with van der Waals surface area (Å²) in [6.45, 7) is 4.91. The molecule has 1 aliphatic heterocycles. The van der Waals surface area contributed by atoms with E-state index in [0.717, 1.165) is 25.1 Å². The minimum absolute atomic E-state index is 0.0260. The quantitative estimate of drug-likeness (QED) is 0.364. The number of carbonyl (C=O) groups is 4. The molecule has 216 valence electrons. The minimum atomic E-state index is -2.27. The predicted molar refractivity (Wildman–Crippen MR) is 128 cm³/mol. The first-order chi connectivity index (χ1) is 18.8. The number of aromatic nitrogens is 3. The average Bonchev–Trinajstić information content (AvgIpc) is 3.46. The zero-order valence-corrected chi connectivity index (χ0v) is 22.1. The summed E-state index contributed by atoms with van der Waals surface area (Å²) in [5.74, 6) is -0.130. The molecule has 17 nitrogen and oxygen atoms in total. The van der Waals surface area contributed by atoms with Gasteiger partial charge in [-0.15, -0.1) is 0 Å². The standard InChI is InChI=1S/C23H27N5O12/c1-22(2,3)10-37-21(33)36-8-13-15(38-19(31)34-4)16(39-20(32)35-5)23(9-24,40-13)14-7-6-12-17(27-18(29)30)25-11-26-28(12)14/h6-7,11,13,15-16H,8,10H2,1-5H3,(H,29,30)(H,25,26,27)/t13-,15-,16-,23+/m1/s1. The van der Waals surface area contributed by atoms with E-state index < -0.39 is 55.1 Å². The lowest BCUT2D eigenvalue weighted by Gasteiger charge is -2.27. The third-order valence-electron chi connectivity index (χ3n) is 5.40. The van der Waals surface area contributed by atoms with E-state index in [-0.39, 0.29) is 29.1 Å². The first kappa shape index (κ1) is 29.7. The third-order valence-corrected chi connectivity index (χ3v) is 5.40. The van der Waals surface area contributed by atoms with Crippen LogP contribution in [0.5, 0.6) is 0 Å². The second kappa shape index (κ2) is 11.9. The second-order valence-corrected chi connectivity index (χ2v) is 9.50. The van der Waals surface area contributed by atoms with Crippen LogP contribution < -0.4 is 5.32 Å². The van der Waals surface area contributed by atoms with Gasteiger partial charge in [-0.3, -0.25) is 5.32 Å². The third kappa shape index (κ3) is 6.40. The molecule has 0 radical (unpaired) electrons. The van der Waals surface area contributed by atoms with Crippen LogP contribution in [-0.2, 0) is 38.8 Å². The van der Waals surface area contributed by atoms with Crippen molar-refractivity contribution in [2.75, 3.05) is 32.8 Å². The van der Waals surface area contributed by atoms with E-state index in [1.807, 2.05) is 26.8 Å². The first-order valence-electron chi connectivity index (χ1n) is 11.6. The lowest BCUT2D eigenvalue weighted by atomic mass is 9.92. The molecule has 0 spiro atoms. The molecular formula is C23H27N5O12. The normalized spacial score (nSPS) is 22.1. The fourth-order valence-corrected chi connectivity index (χ4v) is 3.76. The summed E-state index contributed by atoms with van der Waals surface area (Å²) in [4.78, 5) is 51.7. The molecule has 3 heterocycles. The van der Waals surface area contributed by atoms with Crippen LogP contribution in [0.4, 0.5) is 25.0 Å². The molecule has 17 heteroatoms. The van der Waals surface area contributed by atoms with Gasteiger partial charge in [-0.1, -0.05) is 20.8 Å². The van der Waals surface area contributed by atoms with Crippen molar-refractivity contribution >= 4 is 35.9 Å². The van der Waals surface area contributed by atoms with E-state index in [4.69, 9.17) is 28.8 Å². The number of hydrogen-bond donors (Lipinski definition) is 2. The van der Waals surface area contributed by atoms with Gasteiger partial charge in [0.15, 0.2) is 18.0 Å². The first-order valence-corrected chi connectivity index (χ1v) is 11.6. The zero-order chi connectivity index (χ0) is 29.7. The van der Waals surface area contributed by atoms with Crippen molar-refractivity contribution in [3.8, 4) is 6.07 Å². The monoisotopic (exact) mass is 565 g/mol. The Labute approximate surface area is 226 Å². The molecule has 4 atom stereocenters. The van der Waals surface area contributed by atoms with Gasteiger partial charge in [0.05, 0.1) is 26.5 Å². The molecule has 3 rings (SSSR count). The lowest BCUT2D eigenvalue weighted by molar-refractivity contribution is -0.0793. The molecule has 0 aromatic carbocycles. The number of carbonyl (C=O) groups excluding carboxylic acids is 3. The van der Waals surface area contributed by atoms with Gasteiger partial charge in [0.1, 0.15) is 30.6 Å². The summed E-state index contributed by atoms with van der Waals surface area (Å²) in [7, 11) is 2.04. The molecular weight excluding hydrogens is 538 g/mol. The van der Waals surface area contributed by atoms with E-state index in [1.54, 1.807) is 0 Å². The number of anilines is 1. The predicted octanol–water partition coefficient (Wildman–Crippen LogP) is 2.44. The molecule has 1 saturated heterocycles. The molecule has 2 aromatic rings. The Morgan fingerprint density at radius 2 is 1.80 bits per heavy atom. The maximum absolute atomic E-state index is 12.2. The van der Waals surface area contributed by atoms with Gasteiger partial charge in [-0.2, -0.15) is 10.4 Å². The Bertz CT molecular complexity index is 1320. The molecule has 1 amide bonds. The van der Waals surface area contributed by atoms with Crippen LogP contribution in [0.3, 0.4) is 0 Å². The maximum atomic E-state index is 12.2. The molecule has 0 aliphatic carbocycles. The summed E-state index contributed by atoms with van der Waals surface area (Å²) >= 11 is 0. The topological polar surface area (TPSA) is 219 Å². The number of methoxy groups -OCH3 is 2. The van der Waals surface area contributed by atoms with Gasteiger partial charge in [0, 0.05) is 0 Å². The van der Waals surface area contributed by atoms with Crippen molar-refractivity contribution in [2.45, 2.75) is 44.7 Å². The van der Waals surface area contributed by atoms with Crippen LogP contribution in [0.15, 0.2) is 18.5 Å². The van der Waals surface area contributed by atoms with Crippen LogP contribution in [0.2, 0.25) is 0 Å². The summed E-state index contributed by atoms with van der Waals surface area (Å²) in [5, 5.41) is 25.7. The summed E-state index contributed by atoms with van der Waals surface area (Å²) in [6, 6.07) is 4.63. The van der Waals surface area contributed by atoms with Crippen molar-refractivity contribution in [1.29, 1.82) is 5.26 Å². The fraction of sp³-hybridized carbons (Fsp3) is 0.522. The summed E-state index contributed by atoms with van der Waals surface area (Å²) in [5.41, 5.74) is -2.60. The van der Waals surface area contributed by atoms with Crippen LogP contribution >= 0.6 is 0 Å².